The first kappa shape index (κ1) is 20.1. The van der Waals surface area contributed by atoms with Crippen molar-refractivity contribution in [3.05, 3.63) is 60.7 Å². The van der Waals surface area contributed by atoms with E-state index in [4.69, 9.17) is 4.84 Å². The van der Waals surface area contributed by atoms with Gasteiger partial charge in [0.2, 0.25) is 0 Å². The molecular weight excluding hydrogens is 449 g/mol. The lowest BCUT2D eigenvalue weighted by molar-refractivity contribution is -0.385. The summed E-state index contributed by atoms with van der Waals surface area (Å²) >= 11 is 2.22. The molecule has 2 aromatic carbocycles. The van der Waals surface area contributed by atoms with Gasteiger partial charge in [-0.2, -0.15) is 0 Å². The molecule has 2 N–H and O–H groups in total. The summed E-state index contributed by atoms with van der Waals surface area (Å²) in [6.07, 6.45) is 1.17. The fraction of sp³-hybridized carbons (Fsp3) is 0.278. The summed E-state index contributed by atoms with van der Waals surface area (Å²) in [6.45, 7) is 3.88. The Labute approximate surface area is 165 Å². The molecule has 0 atom stereocenters. The minimum atomic E-state index is -0.467. The SMILES string of the molecule is CCCc1c([N+](=O)[O-])ccc(C(=O)NOC)c1Nc1ccc(I)cc1C. The van der Waals surface area contributed by atoms with Gasteiger partial charge in [0.05, 0.1) is 28.8 Å². The van der Waals surface area contributed by atoms with Crippen LogP contribution in [0.15, 0.2) is 30.3 Å². The molecule has 0 saturated heterocycles. The van der Waals surface area contributed by atoms with Gasteiger partial charge in [-0.25, -0.2) is 5.48 Å². The molecule has 0 bridgehead atoms. The van der Waals surface area contributed by atoms with Crippen molar-refractivity contribution < 1.29 is 14.6 Å². The molecule has 26 heavy (non-hydrogen) atoms. The summed E-state index contributed by atoms with van der Waals surface area (Å²) in [5, 5.41) is 14.7. The van der Waals surface area contributed by atoms with E-state index in [1.54, 1.807) is 0 Å². The van der Waals surface area contributed by atoms with Crippen molar-refractivity contribution in [2.24, 2.45) is 0 Å². The second-order valence-corrected chi connectivity index (χ2v) is 6.96. The lowest BCUT2D eigenvalue weighted by Crippen LogP contribution is -2.23. The average Bonchev–Trinajstić information content (AvgIpc) is 2.58. The standard InChI is InChI=1S/C18H20IN3O4/c1-4-5-13-16(22(24)25)9-7-14(18(23)21-26-3)17(13)20-15-8-6-12(19)10-11(15)2/h6-10,20H,4-5H2,1-3H3,(H,21,23). The molecule has 138 valence electrons. The van der Waals surface area contributed by atoms with Crippen LogP contribution in [0.25, 0.3) is 0 Å². The van der Waals surface area contributed by atoms with Gasteiger partial charge in [0.15, 0.2) is 0 Å². The number of amides is 1. The summed E-state index contributed by atoms with van der Waals surface area (Å²) in [5.74, 6) is -0.467. The van der Waals surface area contributed by atoms with Gasteiger partial charge in [0.1, 0.15) is 0 Å². The van der Waals surface area contributed by atoms with Crippen LogP contribution < -0.4 is 10.8 Å². The normalized spacial score (nSPS) is 10.5. The number of hydroxylamine groups is 1. The summed E-state index contributed by atoms with van der Waals surface area (Å²) in [7, 11) is 1.34. The van der Waals surface area contributed by atoms with Crippen molar-refractivity contribution in [1.29, 1.82) is 0 Å². The van der Waals surface area contributed by atoms with Crippen molar-refractivity contribution in [3.8, 4) is 0 Å². The zero-order chi connectivity index (χ0) is 19.3. The Bertz CT molecular complexity index is 839. The number of nitro groups is 1. The molecule has 2 aromatic rings. The highest BCUT2D eigenvalue weighted by Crippen LogP contribution is 2.34. The maximum absolute atomic E-state index is 12.4. The van der Waals surface area contributed by atoms with E-state index >= 15 is 0 Å². The van der Waals surface area contributed by atoms with Crippen LogP contribution in [0.4, 0.5) is 17.1 Å². The quantitative estimate of drug-likeness (QED) is 0.354. The van der Waals surface area contributed by atoms with Gasteiger partial charge >= 0.3 is 0 Å². The Kier molecular flexibility index (Phi) is 6.92. The molecule has 0 aliphatic heterocycles. The summed E-state index contributed by atoms with van der Waals surface area (Å²) in [5.41, 5.74) is 5.25. The minimum Gasteiger partial charge on any atom is -0.354 e. The monoisotopic (exact) mass is 469 g/mol. The first-order chi connectivity index (χ1) is 12.4. The van der Waals surface area contributed by atoms with Crippen LogP contribution in [0.1, 0.15) is 34.8 Å². The van der Waals surface area contributed by atoms with E-state index < -0.39 is 10.8 Å². The van der Waals surface area contributed by atoms with Crippen LogP contribution in [0.3, 0.4) is 0 Å². The van der Waals surface area contributed by atoms with Gasteiger partial charge in [-0.15, -0.1) is 0 Å². The van der Waals surface area contributed by atoms with Crippen LogP contribution in [0, 0.1) is 20.6 Å². The lowest BCUT2D eigenvalue weighted by Gasteiger charge is -2.18. The molecule has 0 unspecified atom stereocenters. The number of carbonyl (C=O) groups excluding carboxylic acids is 1. The van der Waals surface area contributed by atoms with Crippen molar-refractivity contribution in [1.82, 2.24) is 5.48 Å². The molecule has 0 aliphatic carbocycles. The van der Waals surface area contributed by atoms with Crippen LogP contribution in [0.5, 0.6) is 0 Å². The highest BCUT2D eigenvalue weighted by atomic mass is 127. The molecule has 0 spiro atoms. The maximum Gasteiger partial charge on any atom is 0.276 e. The molecular formula is C18H20IN3O4. The number of rotatable bonds is 7. The zero-order valence-electron chi connectivity index (χ0n) is 14.8. The Morgan fingerprint density at radius 1 is 1.31 bits per heavy atom. The van der Waals surface area contributed by atoms with Crippen molar-refractivity contribution in [2.45, 2.75) is 26.7 Å². The van der Waals surface area contributed by atoms with Crippen LogP contribution in [0.2, 0.25) is 0 Å². The topological polar surface area (TPSA) is 93.5 Å². The third-order valence-electron chi connectivity index (χ3n) is 3.87. The number of hydrogen-bond donors (Lipinski definition) is 2. The molecule has 8 heteroatoms. The highest BCUT2D eigenvalue weighted by molar-refractivity contribution is 14.1. The van der Waals surface area contributed by atoms with Gasteiger partial charge in [0.25, 0.3) is 11.6 Å². The molecule has 0 aliphatic rings. The van der Waals surface area contributed by atoms with E-state index in [9.17, 15) is 14.9 Å². The molecule has 0 fully saturated rings. The molecule has 0 aromatic heterocycles. The number of nitro benzene ring substituents is 1. The fourth-order valence-electron chi connectivity index (χ4n) is 2.69. The molecule has 0 radical (unpaired) electrons. The average molecular weight is 469 g/mol. The number of nitrogens with one attached hydrogen (secondary N) is 2. The maximum atomic E-state index is 12.4. The molecule has 1 amide bonds. The molecule has 2 rings (SSSR count). The Balaban J connectivity index is 2.65. The predicted octanol–water partition coefficient (Wildman–Crippen LogP) is 4.50. The summed E-state index contributed by atoms with van der Waals surface area (Å²) in [4.78, 5) is 28.2. The highest BCUT2D eigenvalue weighted by Gasteiger charge is 2.24. The minimum absolute atomic E-state index is 0.00789. The van der Waals surface area contributed by atoms with Gasteiger partial charge in [0, 0.05) is 15.3 Å². The largest absolute Gasteiger partial charge is 0.354 e. The number of aryl methyl sites for hydroxylation is 1. The second kappa shape index (κ2) is 8.95. The third kappa shape index (κ3) is 4.50. The Morgan fingerprint density at radius 3 is 2.62 bits per heavy atom. The van der Waals surface area contributed by atoms with Crippen LogP contribution in [-0.2, 0) is 11.3 Å². The van der Waals surface area contributed by atoms with E-state index in [2.05, 4.69) is 33.4 Å². The van der Waals surface area contributed by atoms with Crippen LogP contribution >= 0.6 is 22.6 Å². The number of benzene rings is 2. The van der Waals surface area contributed by atoms with E-state index in [0.29, 0.717) is 29.7 Å². The zero-order valence-corrected chi connectivity index (χ0v) is 16.9. The number of hydrogen-bond acceptors (Lipinski definition) is 5. The van der Waals surface area contributed by atoms with E-state index in [0.717, 1.165) is 14.8 Å². The molecule has 0 heterocycles. The van der Waals surface area contributed by atoms with Crippen molar-refractivity contribution >= 4 is 45.6 Å². The molecule has 7 nitrogen and oxygen atoms in total. The molecule has 0 saturated carbocycles. The lowest BCUT2D eigenvalue weighted by atomic mass is 9.99. The van der Waals surface area contributed by atoms with Crippen molar-refractivity contribution in [3.63, 3.8) is 0 Å². The Morgan fingerprint density at radius 2 is 2.04 bits per heavy atom. The number of nitrogens with zero attached hydrogens (tertiary/aromatic N) is 1. The van der Waals surface area contributed by atoms with E-state index in [-0.39, 0.29) is 5.69 Å². The summed E-state index contributed by atoms with van der Waals surface area (Å²) < 4.78 is 1.08. The number of halogens is 1. The van der Waals surface area contributed by atoms with Gasteiger partial charge in [-0.1, -0.05) is 13.3 Å². The first-order valence-corrected chi connectivity index (χ1v) is 9.13. The van der Waals surface area contributed by atoms with E-state index in [1.807, 2.05) is 32.0 Å². The predicted molar refractivity (Wildman–Crippen MR) is 109 cm³/mol. The first-order valence-electron chi connectivity index (χ1n) is 8.05. The number of anilines is 2. The van der Waals surface area contributed by atoms with Gasteiger partial charge in [-0.3, -0.25) is 19.7 Å². The smallest absolute Gasteiger partial charge is 0.276 e. The number of carbonyl (C=O) groups is 1. The van der Waals surface area contributed by atoms with Gasteiger partial charge in [-0.05, 0) is 65.8 Å². The van der Waals surface area contributed by atoms with E-state index in [1.165, 1.54) is 19.2 Å². The third-order valence-corrected chi connectivity index (χ3v) is 4.54. The van der Waals surface area contributed by atoms with Gasteiger partial charge < -0.3 is 5.32 Å². The van der Waals surface area contributed by atoms with Crippen LogP contribution in [-0.4, -0.2) is 17.9 Å². The van der Waals surface area contributed by atoms with Crippen molar-refractivity contribution in [2.75, 3.05) is 12.4 Å². The summed E-state index contributed by atoms with van der Waals surface area (Å²) in [6, 6.07) is 8.62. The Hall–Kier alpha value is -2.20. The fourth-order valence-corrected chi connectivity index (χ4v) is 3.34. The second-order valence-electron chi connectivity index (χ2n) is 5.71.